The summed E-state index contributed by atoms with van der Waals surface area (Å²) < 4.78 is 18.3. The Morgan fingerprint density at radius 3 is 2.56 bits per heavy atom. The van der Waals surface area contributed by atoms with Gasteiger partial charge in [0.2, 0.25) is 0 Å². The molecule has 134 valence electrons. The Balaban J connectivity index is 1.39. The van der Waals surface area contributed by atoms with Crippen LogP contribution in [0, 0.1) is 5.82 Å². The second kappa shape index (κ2) is 8.42. The maximum absolute atomic E-state index is 12.8. The third-order valence-corrected chi connectivity index (χ3v) is 4.97. The first-order valence-corrected chi connectivity index (χ1v) is 9.11. The van der Waals surface area contributed by atoms with E-state index in [2.05, 4.69) is 4.90 Å². The fourth-order valence-electron chi connectivity index (χ4n) is 2.76. The lowest BCUT2D eigenvalue weighted by Gasteiger charge is -2.35. The maximum atomic E-state index is 12.8. The number of rotatable bonds is 6. The molecule has 1 amide bonds. The molecule has 1 unspecified atom stereocenters. The molecule has 1 N–H and O–H groups in total. The van der Waals surface area contributed by atoms with Crippen LogP contribution in [0.4, 0.5) is 4.39 Å². The number of ether oxygens (including phenoxy) is 1. The van der Waals surface area contributed by atoms with Gasteiger partial charge >= 0.3 is 0 Å². The number of aliphatic hydroxyl groups excluding tert-OH is 1. The highest BCUT2D eigenvalue weighted by atomic mass is 32.1. The van der Waals surface area contributed by atoms with Gasteiger partial charge in [-0.3, -0.25) is 9.69 Å². The SMILES string of the molecule is O=C(c1cccs1)N1CCN(CC(O)COc2ccc(F)cc2)CC1. The molecule has 0 aliphatic carbocycles. The molecule has 2 aromatic rings. The topological polar surface area (TPSA) is 53.0 Å². The number of aliphatic hydroxyl groups is 1. The van der Waals surface area contributed by atoms with Crippen LogP contribution < -0.4 is 4.74 Å². The smallest absolute Gasteiger partial charge is 0.264 e. The highest BCUT2D eigenvalue weighted by Gasteiger charge is 2.23. The van der Waals surface area contributed by atoms with Crippen LogP contribution in [-0.4, -0.2) is 66.2 Å². The Labute approximate surface area is 150 Å². The number of piperazine rings is 1. The lowest BCUT2D eigenvalue weighted by atomic mass is 10.2. The molecule has 0 bridgehead atoms. The molecule has 5 nitrogen and oxygen atoms in total. The van der Waals surface area contributed by atoms with E-state index in [1.165, 1.54) is 35.6 Å². The predicted octanol–water partition coefficient (Wildman–Crippen LogP) is 2.08. The van der Waals surface area contributed by atoms with Gasteiger partial charge in [-0.25, -0.2) is 4.39 Å². The number of thiophene rings is 1. The molecule has 1 aromatic heterocycles. The number of carbonyl (C=O) groups is 1. The number of amides is 1. The zero-order valence-electron chi connectivity index (χ0n) is 13.8. The average Bonchev–Trinajstić information content (AvgIpc) is 3.16. The Bertz CT molecular complexity index is 670. The van der Waals surface area contributed by atoms with Crippen molar-refractivity contribution in [2.24, 2.45) is 0 Å². The van der Waals surface area contributed by atoms with Crippen molar-refractivity contribution in [2.75, 3.05) is 39.3 Å². The summed E-state index contributed by atoms with van der Waals surface area (Å²) in [7, 11) is 0. The summed E-state index contributed by atoms with van der Waals surface area (Å²) in [4.78, 5) is 17.0. The summed E-state index contributed by atoms with van der Waals surface area (Å²) in [6.45, 7) is 3.40. The van der Waals surface area contributed by atoms with Gasteiger partial charge in [0.05, 0.1) is 4.88 Å². The van der Waals surface area contributed by atoms with Crippen LogP contribution in [0.2, 0.25) is 0 Å². The van der Waals surface area contributed by atoms with E-state index < -0.39 is 6.10 Å². The summed E-state index contributed by atoms with van der Waals surface area (Å²) in [6, 6.07) is 9.45. The molecule has 25 heavy (non-hydrogen) atoms. The first-order chi connectivity index (χ1) is 12.1. The van der Waals surface area contributed by atoms with Crippen LogP contribution in [0.5, 0.6) is 5.75 Å². The largest absolute Gasteiger partial charge is 0.491 e. The van der Waals surface area contributed by atoms with Crippen molar-refractivity contribution >= 4 is 17.2 Å². The molecule has 3 rings (SSSR count). The van der Waals surface area contributed by atoms with Crippen LogP contribution in [0.3, 0.4) is 0 Å². The molecule has 7 heteroatoms. The first kappa shape index (κ1) is 17.8. The molecule has 1 aromatic carbocycles. The average molecular weight is 364 g/mol. The van der Waals surface area contributed by atoms with Gasteiger partial charge in [-0.05, 0) is 35.7 Å². The zero-order valence-corrected chi connectivity index (χ0v) is 14.6. The highest BCUT2D eigenvalue weighted by Crippen LogP contribution is 2.14. The van der Waals surface area contributed by atoms with Crippen molar-refractivity contribution in [3.8, 4) is 5.75 Å². The summed E-state index contributed by atoms with van der Waals surface area (Å²) in [5, 5.41) is 12.0. The number of nitrogens with zero attached hydrogens (tertiary/aromatic N) is 2. The predicted molar refractivity (Wildman–Crippen MR) is 94.6 cm³/mol. The molecule has 1 fully saturated rings. The van der Waals surface area contributed by atoms with E-state index in [4.69, 9.17) is 4.74 Å². The Morgan fingerprint density at radius 1 is 1.20 bits per heavy atom. The minimum absolute atomic E-state index is 0.0786. The second-order valence-electron chi connectivity index (χ2n) is 5.99. The summed E-state index contributed by atoms with van der Waals surface area (Å²) in [5.74, 6) is 0.296. The van der Waals surface area contributed by atoms with E-state index >= 15 is 0 Å². The Kier molecular flexibility index (Phi) is 6.01. The van der Waals surface area contributed by atoms with Crippen LogP contribution in [0.15, 0.2) is 41.8 Å². The fourth-order valence-corrected chi connectivity index (χ4v) is 3.45. The summed E-state index contributed by atoms with van der Waals surface area (Å²) >= 11 is 1.46. The van der Waals surface area contributed by atoms with Crippen molar-refractivity contribution in [2.45, 2.75) is 6.10 Å². The van der Waals surface area contributed by atoms with Gasteiger partial charge in [-0.15, -0.1) is 11.3 Å². The molecule has 1 aliphatic rings. The van der Waals surface area contributed by atoms with Gasteiger partial charge in [-0.2, -0.15) is 0 Å². The second-order valence-corrected chi connectivity index (χ2v) is 6.94. The Morgan fingerprint density at radius 2 is 1.92 bits per heavy atom. The number of benzene rings is 1. The lowest BCUT2D eigenvalue weighted by molar-refractivity contribution is 0.0406. The quantitative estimate of drug-likeness (QED) is 0.853. The molecule has 1 atom stereocenters. The van der Waals surface area contributed by atoms with Gasteiger partial charge in [0.25, 0.3) is 5.91 Å². The van der Waals surface area contributed by atoms with E-state index in [1.807, 2.05) is 22.4 Å². The number of halogens is 1. The maximum Gasteiger partial charge on any atom is 0.264 e. The van der Waals surface area contributed by atoms with Gasteiger partial charge < -0.3 is 14.7 Å². The highest BCUT2D eigenvalue weighted by molar-refractivity contribution is 7.12. The molecule has 1 aliphatic heterocycles. The standard InChI is InChI=1S/C18H21FN2O3S/c19-14-3-5-16(6-4-14)24-13-15(22)12-20-7-9-21(10-8-20)18(23)17-2-1-11-25-17/h1-6,11,15,22H,7-10,12-13H2. The van der Waals surface area contributed by atoms with Gasteiger partial charge in [-0.1, -0.05) is 6.07 Å². The number of carbonyl (C=O) groups excluding carboxylic acids is 1. The van der Waals surface area contributed by atoms with E-state index in [-0.39, 0.29) is 18.3 Å². The van der Waals surface area contributed by atoms with Crippen LogP contribution in [-0.2, 0) is 0 Å². The monoisotopic (exact) mass is 364 g/mol. The van der Waals surface area contributed by atoms with Crippen molar-refractivity contribution in [3.05, 3.63) is 52.5 Å². The normalized spacial score (nSPS) is 16.6. The van der Waals surface area contributed by atoms with Gasteiger partial charge in [0.1, 0.15) is 24.3 Å². The fraction of sp³-hybridized carbons (Fsp3) is 0.389. The van der Waals surface area contributed by atoms with Crippen LogP contribution in [0.1, 0.15) is 9.67 Å². The minimum Gasteiger partial charge on any atom is -0.491 e. The van der Waals surface area contributed by atoms with Crippen molar-refractivity contribution < 1.29 is 19.0 Å². The number of β-amino-alcohol motifs (C(OH)–C–C–N with tert-alkyl or cyclic N) is 1. The molecular formula is C18H21FN2O3S. The molecular weight excluding hydrogens is 343 g/mol. The van der Waals surface area contributed by atoms with E-state index in [9.17, 15) is 14.3 Å². The van der Waals surface area contributed by atoms with E-state index in [1.54, 1.807) is 0 Å². The third-order valence-electron chi connectivity index (χ3n) is 4.12. The minimum atomic E-state index is -0.635. The van der Waals surface area contributed by atoms with Gasteiger partial charge in [0.15, 0.2) is 0 Å². The van der Waals surface area contributed by atoms with Crippen molar-refractivity contribution in [1.29, 1.82) is 0 Å². The van der Waals surface area contributed by atoms with E-state index in [0.717, 1.165) is 18.0 Å². The van der Waals surface area contributed by atoms with Crippen molar-refractivity contribution in [3.63, 3.8) is 0 Å². The first-order valence-electron chi connectivity index (χ1n) is 8.23. The molecule has 0 radical (unpaired) electrons. The number of hydrogen-bond donors (Lipinski definition) is 1. The van der Waals surface area contributed by atoms with Crippen LogP contribution in [0.25, 0.3) is 0 Å². The zero-order chi connectivity index (χ0) is 17.6. The molecule has 1 saturated heterocycles. The summed E-state index contributed by atoms with van der Waals surface area (Å²) in [5.41, 5.74) is 0. The molecule has 2 heterocycles. The summed E-state index contributed by atoms with van der Waals surface area (Å²) in [6.07, 6.45) is -0.635. The van der Waals surface area contributed by atoms with Gasteiger partial charge in [0, 0.05) is 32.7 Å². The van der Waals surface area contributed by atoms with Crippen LogP contribution >= 0.6 is 11.3 Å². The van der Waals surface area contributed by atoms with E-state index in [0.29, 0.717) is 25.4 Å². The van der Waals surface area contributed by atoms with Crippen molar-refractivity contribution in [1.82, 2.24) is 9.80 Å². The molecule has 0 spiro atoms. The molecule has 0 saturated carbocycles. The number of hydrogen-bond acceptors (Lipinski definition) is 5. The Hall–Kier alpha value is -1.96. The lowest BCUT2D eigenvalue weighted by Crippen LogP contribution is -2.50. The third kappa shape index (κ3) is 5.01.